The van der Waals surface area contributed by atoms with Gasteiger partial charge in [0.05, 0.1) is 5.92 Å². The van der Waals surface area contributed by atoms with Crippen molar-refractivity contribution in [2.75, 3.05) is 13.2 Å². The van der Waals surface area contributed by atoms with Gasteiger partial charge in [0.15, 0.2) is 0 Å². The molecule has 0 aromatic carbocycles. The molecule has 0 aliphatic heterocycles. The lowest BCUT2D eigenvalue weighted by molar-refractivity contribution is -0.140. The Morgan fingerprint density at radius 1 is 1.36 bits per heavy atom. The van der Waals surface area contributed by atoms with E-state index in [1.54, 1.807) is 13.8 Å². The highest BCUT2D eigenvalue weighted by molar-refractivity contribution is 5.68. The van der Waals surface area contributed by atoms with Crippen molar-refractivity contribution in [1.29, 1.82) is 0 Å². The number of carboxylic acids is 1. The first-order valence-corrected chi connectivity index (χ1v) is 3.86. The van der Waals surface area contributed by atoms with Crippen molar-refractivity contribution in [1.82, 2.24) is 0 Å². The highest BCUT2D eigenvalue weighted by atomic mass is 16.5. The summed E-state index contributed by atoms with van der Waals surface area (Å²) in [6, 6.07) is 0. The number of hydrogen-bond acceptors (Lipinski definition) is 2. The summed E-state index contributed by atoms with van der Waals surface area (Å²) in [6.07, 6.45) is 0. The van der Waals surface area contributed by atoms with E-state index in [0.29, 0.717) is 0 Å². The van der Waals surface area contributed by atoms with E-state index in [0.717, 1.165) is 13.2 Å². The van der Waals surface area contributed by atoms with Gasteiger partial charge >= 0.3 is 5.97 Å². The number of carbonyl (C=O) groups is 1. The third kappa shape index (κ3) is 17.7. The van der Waals surface area contributed by atoms with Gasteiger partial charge < -0.3 is 9.84 Å². The lowest BCUT2D eigenvalue weighted by Crippen LogP contribution is -2.03. The van der Waals surface area contributed by atoms with Gasteiger partial charge in [0.25, 0.3) is 0 Å². The molecule has 0 amide bonds. The minimum absolute atomic E-state index is 0.231. The van der Waals surface area contributed by atoms with Crippen LogP contribution in [0.25, 0.3) is 0 Å². The molecule has 11 heavy (non-hydrogen) atoms. The van der Waals surface area contributed by atoms with Gasteiger partial charge in [0.2, 0.25) is 0 Å². The van der Waals surface area contributed by atoms with Gasteiger partial charge in [-0.2, -0.15) is 0 Å². The van der Waals surface area contributed by atoms with Crippen LogP contribution in [0.2, 0.25) is 0 Å². The van der Waals surface area contributed by atoms with E-state index in [9.17, 15) is 4.79 Å². The Morgan fingerprint density at radius 2 is 1.64 bits per heavy atom. The Balaban J connectivity index is 0. The summed E-state index contributed by atoms with van der Waals surface area (Å²) >= 11 is 0. The Morgan fingerprint density at radius 3 is 1.64 bits per heavy atom. The van der Waals surface area contributed by atoms with Gasteiger partial charge in [-0.3, -0.25) is 4.79 Å². The molecule has 3 nitrogen and oxygen atoms in total. The summed E-state index contributed by atoms with van der Waals surface area (Å²) in [5.41, 5.74) is 0. The van der Waals surface area contributed by atoms with Crippen molar-refractivity contribution in [3.05, 3.63) is 0 Å². The first-order valence-electron chi connectivity index (χ1n) is 3.86. The van der Waals surface area contributed by atoms with E-state index >= 15 is 0 Å². The lowest BCUT2D eigenvalue weighted by Gasteiger charge is -1.89. The van der Waals surface area contributed by atoms with Crippen LogP contribution < -0.4 is 0 Å². The molecule has 0 radical (unpaired) electrons. The summed E-state index contributed by atoms with van der Waals surface area (Å²) < 4.78 is 4.83. The smallest absolute Gasteiger partial charge is 0.305 e. The summed E-state index contributed by atoms with van der Waals surface area (Å²) in [7, 11) is 0. The maximum absolute atomic E-state index is 9.70. The van der Waals surface area contributed by atoms with Crippen LogP contribution in [0.5, 0.6) is 0 Å². The van der Waals surface area contributed by atoms with Crippen LogP contribution in [0.4, 0.5) is 0 Å². The van der Waals surface area contributed by atoms with E-state index in [-0.39, 0.29) is 5.92 Å². The van der Waals surface area contributed by atoms with E-state index in [4.69, 9.17) is 9.84 Å². The van der Waals surface area contributed by atoms with Gasteiger partial charge in [-0.25, -0.2) is 0 Å². The standard InChI is InChI=1S/C4H8O2.C4H10O/c1-3(2)4(5)6;1-3-5-4-2/h3H,1-2H3,(H,5,6);3-4H2,1-2H3. The number of ether oxygens (including phenoxy) is 1. The molecular weight excluding hydrogens is 144 g/mol. The van der Waals surface area contributed by atoms with Crippen molar-refractivity contribution in [2.24, 2.45) is 5.92 Å². The number of aliphatic carboxylic acids is 1. The molecule has 0 aromatic rings. The SMILES string of the molecule is CC(C)C(=O)O.CCOCC. The summed E-state index contributed by atoms with van der Waals surface area (Å²) in [6.45, 7) is 8.95. The fourth-order valence-corrected chi connectivity index (χ4v) is 0.204. The molecule has 1 N–H and O–H groups in total. The average molecular weight is 162 g/mol. The Labute approximate surface area is 68.4 Å². The second kappa shape index (κ2) is 9.43. The summed E-state index contributed by atoms with van der Waals surface area (Å²) in [4.78, 5) is 9.70. The molecule has 0 aromatic heterocycles. The molecule has 0 heterocycles. The number of carboxylic acid groups (broad SMARTS) is 1. The third-order valence-corrected chi connectivity index (χ3v) is 0.902. The molecule has 0 fully saturated rings. The largest absolute Gasteiger partial charge is 0.481 e. The van der Waals surface area contributed by atoms with Crippen LogP contribution >= 0.6 is 0 Å². The van der Waals surface area contributed by atoms with Crippen LogP contribution in [0, 0.1) is 5.92 Å². The predicted octanol–water partition coefficient (Wildman–Crippen LogP) is 1.77. The predicted molar refractivity (Wildman–Crippen MR) is 44.6 cm³/mol. The molecule has 3 heteroatoms. The van der Waals surface area contributed by atoms with Crippen LogP contribution in [0.15, 0.2) is 0 Å². The molecule has 0 saturated carbocycles. The first-order chi connectivity index (χ1) is 5.06. The van der Waals surface area contributed by atoms with E-state index in [2.05, 4.69) is 0 Å². The fraction of sp³-hybridized carbons (Fsp3) is 0.875. The first kappa shape index (κ1) is 13.1. The maximum Gasteiger partial charge on any atom is 0.305 e. The summed E-state index contributed by atoms with van der Waals surface area (Å²) in [5, 5.41) is 7.99. The normalized spacial score (nSPS) is 8.82. The lowest BCUT2D eigenvalue weighted by atomic mass is 10.2. The number of rotatable bonds is 3. The van der Waals surface area contributed by atoms with Crippen molar-refractivity contribution >= 4 is 5.97 Å². The molecule has 0 aliphatic carbocycles. The molecular formula is C8H18O3. The minimum Gasteiger partial charge on any atom is -0.481 e. The molecule has 0 spiro atoms. The fourth-order valence-electron chi connectivity index (χ4n) is 0.204. The molecule has 0 saturated heterocycles. The molecule has 68 valence electrons. The van der Waals surface area contributed by atoms with E-state index < -0.39 is 5.97 Å². The van der Waals surface area contributed by atoms with Crippen LogP contribution in [-0.2, 0) is 9.53 Å². The zero-order chi connectivity index (χ0) is 9.28. The highest BCUT2D eigenvalue weighted by Crippen LogP contribution is 1.87. The van der Waals surface area contributed by atoms with Crippen molar-refractivity contribution in [3.63, 3.8) is 0 Å². The van der Waals surface area contributed by atoms with Gasteiger partial charge in [-0.05, 0) is 13.8 Å². The van der Waals surface area contributed by atoms with E-state index in [1.807, 2.05) is 13.8 Å². The van der Waals surface area contributed by atoms with Crippen molar-refractivity contribution < 1.29 is 14.6 Å². The Kier molecular flexibility index (Phi) is 11.2. The van der Waals surface area contributed by atoms with Crippen molar-refractivity contribution in [2.45, 2.75) is 27.7 Å². The Bertz CT molecular complexity index is 87.3. The molecule has 0 unspecified atom stereocenters. The van der Waals surface area contributed by atoms with Gasteiger partial charge in [-0.15, -0.1) is 0 Å². The van der Waals surface area contributed by atoms with Crippen LogP contribution in [0.3, 0.4) is 0 Å². The van der Waals surface area contributed by atoms with Crippen molar-refractivity contribution in [3.8, 4) is 0 Å². The molecule has 0 atom stereocenters. The quantitative estimate of drug-likeness (QED) is 0.688. The second-order valence-corrected chi connectivity index (χ2v) is 2.27. The van der Waals surface area contributed by atoms with Gasteiger partial charge in [-0.1, -0.05) is 13.8 Å². The average Bonchev–Trinajstić information content (AvgIpc) is 1.90. The monoisotopic (exact) mass is 162 g/mol. The zero-order valence-electron chi connectivity index (χ0n) is 7.76. The van der Waals surface area contributed by atoms with Crippen LogP contribution in [0.1, 0.15) is 27.7 Å². The summed E-state index contributed by atoms with van der Waals surface area (Å²) in [5.74, 6) is -0.972. The Hall–Kier alpha value is -0.570. The topological polar surface area (TPSA) is 46.5 Å². The maximum atomic E-state index is 9.70. The molecule has 0 aliphatic rings. The molecule has 0 bridgehead atoms. The number of hydrogen-bond donors (Lipinski definition) is 1. The zero-order valence-corrected chi connectivity index (χ0v) is 7.76. The van der Waals surface area contributed by atoms with Crippen LogP contribution in [-0.4, -0.2) is 24.3 Å². The second-order valence-electron chi connectivity index (χ2n) is 2.27. The molecule has 0 rings (SSSR count). The van der Waals surface area contributed by atoms with Gasteiger partial charge in [0, 0.05) is 13.2 Å². The highest BCUT2D eigenvalue weighted by Gasteiger charge is 1.99. The van der Waals surface area contributed by atoms with Gasteiger partial charge in [0.1, 0.15) is 0 Å². The van der Waals surface area contributed by atoms with E-state index in [1.165, 1.54) is 0 Å². The third-order valence-electron chi connectivity index (χ3n) is 0.902. The minimum atomic E-state index is -0.741.